The maximum absolute atomic E-state index is 11.6. The first-order valence-corrected chi connectivity index (χ1v) is 8.18. The maximum atomic E-state index is 11.6. The molecule has 1 aliphatic rings. The summed E-state index contributed by atoms with van der Waals surface area (Å²) in [7, 11) is 1.78. The Kier molecular flexibility index (Phi) is 3.75. The Hall–Kier alpha value is -1.04. The number of amides is 2. The largest absolute Gasteiger partial charge is 0.323 e. The van der Waals surface area contributed by atoms with E-state index in [-0.39, 0.29) is 11.4 Å². The van der Waals surface area contributed by atoms with Crippen LogP contribution in [-0.4, -0.2) is 18.0 Å². The molecule has 1 aromatic heterocycles. The topological polar surface area (TPSA) is 32.3 Å². The van der Waals surface area contributed by atoms with Crippen molar-refractivity contribution >= 4 is 50.6 Å². The second-order valence-electron chi connectivity index (χ2n) is 4.75. The molecular formula is C14H12BrClN2OS. The number of rotatable bonds is 2. The maximum Gasteiger partial charge on any atom is 0.321 e. The van der Waals surface area contributed by atoms with Gasteiger partial charge in [0.2, 0.25) is 0 Å². The highest BCUT2D eigenvalue weighted by molar-refractivity contribution is 9.11. The Morgan fingerprint density at radius 1 is 1.40 bits per heavy atom. The van der Waals surface area contributed by atoms with E-state index < -0.39 is 0 Å². The van der Waals surface area contributed by atoms with Crippen LogP contribution in [0, 0.1) is 0 Å². The van der Waals surface area contributed by atoms with Gasteiger partial charge in [-0.05, 0) is 50.1 Å². The molecule has 104 valence electrons. The lowest BCUT2D eigenvalue weighted by molar-refractivity contribution is 0.218. The summed E-state index contributed by atoms with van der Waals surface area (Å²) >= 11 is 11.6. The molecule has 1 N–H and O–H groups in total. The van der Waals surface area contributed by atoms with Gasteiger partial charge in [0.15, 0.2) is 0 Å². The summed E-state index contributed by atoms with van der Waals surface area (Å²) in [5.41, 5.74) is 4.08. The Morgan fingerprint density at radius 3 is 2.90 bits per heavy atom. The molecule has 2 heterocycles. The van der Waals surface area contributed by atoms with Crippen LogP contribution < -0.4 is 5.32 Å². The van der Waals surface area contributed by atoms with Gasteiger partial charge in [-0.2, -0.15) is 0 Å². The van der Waals surface area contributed by atoms with E-state index in [1.807, 2.05) is 18.2 Å². The van der Waals surface area contributed by atoms with Crippen molar-refractivity contribution in [2.45, 2.75) is 11.9 Å². The first-order chi connectivity index (χ1) is 9.54. The van der Waals surface area contributed by atoms with Crippen LogP contribution in [0.2, 0.25) is 0 Å². The van der Waals surface area contributed by atoms with Crippen molar-refractivity contribution in [3.63, 3.8) is 0 Å². The third-order valence-corrected chi connectivity index (χ3v) is 5.32. The van der Waals surface area contributed by atoms with Gasteiger partial charge in [-0.25, -0.2) is 4.79 Å². The highest BCUT2D eigenvalue weighted by Crippen LogP contribution is 2.36. The van der Waals surface area contributed by atoms with E-state index in [0.717, 1.165) is 26.2 Å². The number of anilines is 1. The highest BCUT2D eigenvalue weighted by atomic mass is 79.9. The van der Waals surface area contributed by atoms with Crippen LogP contribution in [0.1, 0.15) is 22.1 Å². The van der Waals surface area contributed by atoms with Crippen LogP contribution in [0.25, 0.3) is 0 Å². The van der Waals surface area contributed by atoms with Gasteiger partial charge in [0, 0.05) is 19.3 Å². The van der Waals surface area contributed by atoms with E-state index in [4.69, 9.17) is 11.6 Å². The third kappa shape index (κ3) is 2.57. The second kappa shape index (κ2) is 5.39. The van der Waals surface area contributed by atoms with E-state index in [0.29, 0.717) is 6.54 Å². The molecule has 1 aromatic carbocycles. The number of carbonyl (C=O) groups excluding carboxylic acids is 1. The average Bonchev–Trinajstić information content (AvgIpc) is 2.85. The fourth-order valence-corrected chi connectivity index (χ4v) is 3.75. The minimum atomic E-state index is -0.175. The molecule has 2 aromatic rings. The smallest absolute Gasteiger partial charge is 0.321 e. The zero-order valence-corrected chi connectivity index (χ0v) is 13.8. The predicted octanol–water partition coefficient (Wildman–Crippen LogP) is 4.82. The quantitative estimate of drug-likeness (QED) is 0.754. The molecule has 1 aliphatic heterocycles. The van der Waals surface area contributed by atoms with Crippen molar-refractivity contribution in [2.24, 2.45) is 0 Å². The molecule has 20 heavy (non-hydrogen) atoms. The van der Waals surface area contributed by atoms with Crippen LogP contribution in [0.4, 0.5) is 10.5 Å². The monoisotopic (exact) mass is 370 g/mol. The molecule has 0 saturated heterocycles. The summed E-state index contributed by atoms with van der Waals surface area (Å²) < 4.78 is 1.07. The number of benzene rings is 1. The highest BCUT2D eigenvalue weighted by Gasteiger charge is 2.21. The number of thiophene rings is 1. The lowest BCUT2D eigenvalue weighted by Crippen LogP contribution is -2.35. The SMILES string of the molecule is CN1Cc2cc(C(Cl)c3csc(Br)c3)ccc2NC1=O. The molecule has 0 radical (unpaired) electrons. The molecule has 0 saturated carbocycles. The van der Waals surface area contributed by atoms with Crippen molar-refractivity contribution < 1.29 is 4.79 Å². The minimum Gasteiger partial charge on any atom is -0.323 e. The lowest BCUT2D eigenvalue weighted by Gasteiger charge is -2.26. The molecule has 1 atom stereocenters. The van der Waals surface area contributed by atoms with Gasteiger partial charge >= 0.3 is 6.03 Å². The lowest BCUT2D eigenvalue weighted by atomic mass is 10.0. The van der Waals surface area contributed by atoms with E-state index in [1.165, 1.54) is 0 Å². The molecule has 3 nitrogen and oxygen atoms in total. The van der Waals surface area contributed by atoms with Gasteiger partial charge in [0.05, 0.1) is 9.16 Å². The molecular weight excluding hydrogens is 360 g/mol. The summed E-state index contributed by atoms with van der Waals surface area (Å²) in [4.78, 5) is 13.2. The number of fused-ring (bicyclic) bond motifs is 1. The van der Waals surface area contributed by atoms with Crippen molar-refractivity contribution in [3.8, 4) is 0 Å². The van der Waals surface area contributed by atoms with Gasteiger partial charge in [0.1, 0.15) is 0 Å². The first kappa shape index (κ1) is 13.9. The number of urea groups is 1. The summed E-state index contributed by atoms with van der Waals surface area (Å²) in [5, 5.41) is 4.73. The Bertz CT molecular complexity index is 673. The first-order valence-electron chi connectivity index (χ1n) is 6.07. The third-order valence-electron chi connectivity index (χ3n) is 3.30. The van der Waals surface area contributed by atoms with Gasteiger partial charge in [-0.15, -0.1) is 22.9 Å². The zero-order valence-electron chi connectivity index (χ0n) is 10.7. The number of hydrogen-bond acceptors (Lipinski definition) is 2. The van der Waals surface area contributed by atoms with E-state index >= 15 is 0 Å². The van der Waals surface area contributed by atoms with Crippen molar-refractivity contribution in [3.05, 3.63) is 50.1 Å². The van der Waals surface area contributed by atoms with Crippen LogP contribution in [-0.2, 0) is 6.54 Å². The summed E-state index contributed by atoms with van der Waals surface area (Å²) in [6.45, 7) is 0.603. The van der Waals surface area contributed by atoms with Crippen LogP contribution in [0.15, 0.2) is 33.4 Å². The number of carbonyl (C=O) groups is 1. The number of nitrogens with one attached hydrogen (secondary N) is 1. The molecule has 6 heteroatoms. The number of nitrogens with zero attached hydrogens (tertiary/aromatic N) is 1. The zero-order chi connectivity index (χ0) is 14.3. The van der Waals surface area contributed by atoms with Gasteiger partial charge < -0.3 is 10.2 Å². The number of halogens is 2. The summed E-state index contributed by atoms with van der Waals surface area (Å²) in [5.74, 6) is 0. The Labute approximate surface area is 134 Å². The molecule has 0 spiro atoms. The number of hydrogen-bond donors (Lipinski definition) is 1. The summed E-state index contributed by atoms with van der Waals surface area (Å²) in [6, 6.07) is 7.92. The second-order valence-corrected chi connectivity index (χ2v) is 7.48. The summed E-state index contributed by atoms with van der Waals surface area (Å²) in [6.07, 6.45) is 0. The van der Waals surface area contributed by atoms with Crippen LogP contribution in [0.3, 0.4) is 0 Å². The van der Waals surface area contributed by atoms with Crippen molar-refractivity contribution in [1.29, 1.82) is 0 Å². The molecule has 2 amide bonds. The standard InChI is InChI=1S/C14H12BrClN2OS/c1-18-6-9-4-8(2-3-11(9)17-14(18)19)13(16)10-5-12(15)20-7-10/h2-5,7,13H,6H2,1H3,(H,17,19). The van der Waals surface area contributed by atoms with Gasteiger partial charge in [-0.3, -0.25) is 0 Å². The Morgan fingerprint density at radius 2 is 2.20 bits per heavy atom. The minimum absolute atomic E-state index is 0.0746. The average molecular weight is 372 g/mol. The molecule has 3 rings (SSSR count). The predicted molar refractivity (Wildman–Crippen MR) is 86.6 cm³/mol. The van der Waals surface area contributed by atoms with E-state index in [2.05, 4.69) is 32.7 Å². The fraction of sp³-hybridized carbons (Fsp3) is 0.214. The van der Waals surface area contributed by atoms with E-state index in [1.54, 1.807) is 23.3 Å². The van der Waals surface area contributed by atoms with Crippen molar-refractivity contribution in [1.82, 2.24) is 4.90 Å². The van der Waals surface area contributed by atoms with Crippen LogP contribution >= 0.6 is 38.9 Å². The molecule has 0 bridgehead atoms. The fourth-order valence-electron chi connectivity index (χ4n) is 2.21. The molecule has 0 aliphatic carbocycles. The van der Waals surface area contributed by atoms with Gasteiger partial charge in [-0.1, -0.05) is 12.1 Å². The normalized spacial score (nSPS) is 15.8. The van der Waals surface area contributed by atoms with Gasteiger partial charge in [0.25, 0.3) is 0 Å². The van der Waals surface area contributed by atoms with Crippen LogP contribution in [0.5, 0.6) is 0 Å². The Balaban J connectivity index is 1.92. The molecule has 1 unspecified atom stereocenters. The van der Waals surface area contributed by atoms with Crippen molar-refractivity contribution in [2.75, 3.05) is 12.4 Å². The molecule has 0 fully saturated rings. The number of alkyl halides is 1. The van der Waals surface area contributed by atoms with E-state index in [9.17, 15) is 4.79 Å².